The Morgan fingerprint density at radius 3 is 2.73 bits per heavy atom. The number of aliphatic hydroxyl groups is 1. The monoisotopic (exact) mass is 207 g/mol. The standard InChI is InChI=1S/C11H17N3O/c15-10-5-2-1-4-9(10)14-8-11-12-6-3-7-13-11/h3,6-7,9-10,14-15H,1-2,4-5,8H2. The van der Waals surface area contributed by atoms with Crippen LogP contribution in [-0.2, 0) is 6.54 Å². The molecule has 0 aliphatic heterocycles. The predicted molar refractivity (Wildman–Crippen MR) is 57.1 cm³/mol. The van der Waals surface area contributed by atoms with Crippen LogP contribution in [0.3, 0.4) is 0 Å². The number of aliphatic hydroxyl groups excluding tert-OH is 1. The van der Waals surface area contributed by atoms with Gasteiger partial charge in [0.15, 0.2) is 0 Å². The SMILES string of the molecule is OC1CCCCC1NCc1ncccn1. The van der Waals surface area contributed by atoms with E-state index < -0.39 is 0 Å². The molecule has 15 heavy (non-hydrogen) atoms. The first-order chi connectivity index (χ1) is 7.36. The van der Waals surface area contributed by atoms with E-state index in [1.165, 1.54) is 6.42 Å². The Labute approximate surface area is 89.8 Å². The summed E-state index contributed by atoms with van der Waals surface area (Å²) in [5.74, 6) is 0.787. The van der Waals surface area contributed by atoms with E-state index in [9.17, 15) is 5.11 Å². The summed E-state index contributed by atoms with van der Waals surface area (Å²) in [5, 5.41) is 13.1. The van der Waals surface area contributed by atoms with E-state index in [1.807, 2.05) is 0 Å². The molecule has 82 valence electrons. The molecule has 4 heteroatoms. The van der Waals surface area contributed by atoms with Crippen molar-refractivity contribution in [3.05, 3.63) is 24.3 Å². The van der Waals surface area contributed by atoms with E-state index in [0.717, 1.165) is 25.1 Å². The van der Waals surface area contributed by atoms with Gasteiger partial charge in [0, 0.05) is 18.4 Å². The summed E-state index contributed by atoms with van der Waals surface area (Å²) < 4.78 is 0. The molecule has 2 unspecified atom stereocenters. The van der Waals surface area contributed by atoms with Gasteiger partial charge in [-0.1, -0.05) is 12.8 Å². The molecule has 1 heterocycles. The maximum Gasteiger partial charge on any atom is 0.141 e. The quantitative estimate of drug-likeness (QED) is 0.772. The zero-order valence-electron chi connectivity index (χ0n) is 8.76. The van der Waals surface area contributed by atoms with Crippen molar-refractivity contribution in [2.75, 3.05) is 0 Å². The van der Waals surface area contributed by atoms with Crippen molar-refractivity contribution in [1.82, 2.24) is 15.3 Å². The van der Waals surface area contributed by atoms with Gasteiger partial charge < -0.3 is 10.4 Å². The number of rotatable bonds is 3. The Kier molecular flexibility index (Phi) is 3.64. The van der Waals surface area contributed by atoms with E-state index in [0.29, 0.717) is 6.54 Å². The zero-order valence-corrected chi connectivity index (χ0v) is 8.76. The van der Waals surface area contributed by atoms with Gasteiger partial charge in [-0.15, -0.1) is 0 Å². The molecule has 1 fully saturated rings. The van der Waals surface area contributed by atoms with E-state index in [1.54, 1.807) is 18.5 Å². The van der Waals surface area contributed by atoms with E-state index in [-0.39, 0.29) is 12.1 Å². The molecular formula is C11H17N3O. The molecule has 0 bridgehead atoms. The van der Waals surface area contributed by atoms with Crippen LogP contribution < -0.4 is 5.32 Å². The first-order valence-electron chi connectivity index (χ1n) is 5.53. The van der Waals surface area contributed by atoms with Crippen molar-refractivity contribution in [3.8, 4) is 0 Å². The maximum absolute atomic E-state index is 9.74. The molecule has 0 amide bonds. The topological polar surface area (TPSA) is 58.0 Å². The van der Waals surface area contributed by atoms with Gasteiger partial charge in [0.05, 0.1) is 12.6 Å². The zero-order chi connectivity index (χ0) is 10.5. The third-order valence-electron chi connectivity index (χ3n) is 2.87. The van der Waals surface area contributed by atoms with Gasteiger partial charge in [-0.25, -0.2) is 9.97 Å². The molecule has 2 rings (SSSR count). The summed E-state index contributed by atoms with van der Waals surface area (Å²) in [6.07, 6.45) is 7.57. The minimum Gasteiger partial charge on any atom is -0.392 e. The highest BCUT2D eigenvalue weighted by Gasteiger charge is 2.22. The second-order valence-electron chi connectivity index (χ2n) is 4.00. The van der Waals surface area contributed by atoms with Crippen LogP contribution in [0.5, 0.6) is 0 Å². The number of hydrogen-bond donors (Lipinski definition) is 2. The second kappa shape index (κ2) is 5.19. The van der Waals surface area contributed by atoms with Crippen molar-refractivity contribution < 1.29 is 5.11 Å². The molecule has 4 nitrogen and oxygen atoms in total. The van der Waals surface area contributed by atoms with E-state index >= 15 is 0 Å². The van der Waals surface area contributed by atoms with Gasteiger partial charge in [0.25, 0.3) is 0 Å². The summed E-state index contributed by atoms with van der Waals surface area (Å²) in [6.45, 7) is 0.641. The molecule has 0 saturated heterocycles. The van der Waals surface area contributed by atoms with Crippen molar-refractivity contribution in [2.24, 2.45) is 0 Å². The van der Waals surface area contributed by atoms with Gasteiger partial charge in [-0.05, 0) is 18.9 Å². The maximum atomic E-state index is 9.74. The molecule has 0 radical (unpaired) electrons. The summed E-state index contributed by atoms with van der Waals surface area (Å²) in [6, 6.07) is 2.02. The van der Waals surface area contributed by atoms with Crippen LogP contribution in [0.4, 0.5) is 0 Å². The fraction of sp³-hybridized carbons (Fsp3) is 0.636. The smallest absolute Gasteiger partial charge is 0.141 e. The molecule has 0 spiro atoms. The Balaban J connectivity index is 1.82. The number of aromatic nitrogens is 2. The van der Waals surface area contributed by atoms with Gasteiger partial charge in [0.1, 0.15) is 5.82 Å². The normalized spacial score (nSPS) is 26.5. The van der Waals surface area contributed by atoms with Gasteiger partial charge in [-0.3, -0.25) is 0 Å². The van der Waals surface area contributed by atoms with Crippen LogP contribution in [-0.4, -0.2) is 27.2 Å². The van der Waals surface area contributed by atoms with Crippen molar-refractivity contribution in [2.45, 2.75) is 44.4 Å². The molecule has 1 saturated carbocycles. The summed E-state index contributed by atoms with van der Waals surface area (Å²) >= 11 is 0. The van der Waals surface area contributed by atoms with E-state index in [4.69, 9.17) is 0 Å². The van der Waals surface area contributed by atoms with Crippen molar-refractivity contribution in [3.63, 3.8) is 0 Å². The molecule has 1 aliphatic rings. The Hall–Kier alpha value is -1.00. The highest BCUT2D eigenvalue weighted by Crippen LogP contribution is 2.18. The van der Waals surface area contributed by atoms with Gasteiger partial charge in [0.2, 0.25) is 0 Å². The van der Waals surface area contributed by atoms with Crippen LogP contribution in [0.2, 0.25) is 0 Å². The molecule has 1 aromatic rings. The van der Waals surface area contributed by atoms with Crippen LogP contribution >= 0.6 is 0 Å². The molecule has 1 aromatic heterocycles. The number of hydrogen-bond acceptors (Lipinski definition) is 4. The lowest BCUT2D eigenvalue weighted by Crippen LogP contribution is -2.41. The lowest BCUT2D eigenvalue weighted by molar-refractivity contribution is 0.0899. The summed E-state index contributed by atoms with van der Waals surface area (Å²) in [4.78, 5) is 8.27. The Morgan fingerprint density at radius 1 is 1.27 bits per heavy atom. The third kappa shape index (κ3) is 2.97. The number of nitrogens with zero attached hydrogens (tertiary/aromatic N) is 2. The molecule has 2 N–H and O–H groups in total. The minimum atomic E-state index is -0.206. The molecular weight excluding hydrogens is 190 g/mol. The summed E-state index contributed by atoms with van der Waals surface area (Å²) in [7, 11) is 0. The van der Waals surface area contributed by atoms with E-state index in [2.05, 4.69) is 15.3 Å². The lowest BCUT2D eigenvalue weighted by atomic mass is 9.93. The highest BCUT2D eigenvalue weighted by atomic mass is 16.3. The lowest BCUT2D eigenvalue weighted by Gasteiger charge is -2.28. The minimum absolute atomic E-state index is 0.206. The van der Waals surface area contributed by atoms with Crippen molar-refractivity contribution >= 4 is 0 Å². The van der Waals surface area contributed by atoms with Crippen LogP contribution in [0.25, 0.3) is 0 Å². The molecule has 2 atom stereocenters. The van der Waals surface area contributed by atoms with Crippen LogP contribution in [0.1, 0.15) is 31.5 Å². The predicted octanol–water partition coefficient (Wildman–Crippen LogP) is 0.870. The Morgan fingerprint density at radius 2 is 2.00 bits per heavy atom. The number of nitrogens with one attached hydrogen (secondary N) is 1. The van der Waals surface area contributed by atoms with Crippen LogP contribution in [0, 0.1) is 0 Å². The van der Waals surface area contributed by atoms with Gasteiger partial charge >= 0.3 is 0 Å². The van der Waals surface area contributed by atoms with Crippen LogP contribution in [0.15, 0.2) is 18.5 Å². The summed E-state index contributed by atoms with van der Waals surface area (Å²) in [5.41, 5.74) is 0. The fourth-order valence-electron chi connectivity index (χ4n) is 1.99. The highest BCUT2D eigenvalue weighted by molar-refractivity contribution is 4.89. The van der Waals surface area contributed by atoms with Crippen molar-refractivity contribution in [1.29, 1.82) is 0 Å². The second-order valence-corrected chi connectivity index (χ2v) is 4.00. The first-order valence-corrected chi connectivity index (χ1v) is 5.53. The molecule has 0 aromatic carbocycles. The first kappa shape index (κ1) is 10.5. The third-order valence-corrected chi connectivity index (χ3v) is 2.87. The van der Waals surface area contributed by atoms with Gasteiger partial charge in [-0.2, -0.15) is 0 Å². The largest absolute Gasteiger partial charge is 0.392 e. The average molecular weight is 207 g/mol. The molecule has 1 aliphatic carbocycles. The Bertz CT molecular complexity index is 291. The fourth-order valence-corrected chi connectivity index (χ4v) is 1.99. The average Bonchev–Trinajstić information content (AvgIpc) is 2.29.